The predicted octanol–water partition coefficient (Wildman–Crippen LogP) is 4.85. The number of nitrogens with two attached hydrogens (primary N) is 1. The topological polar surface area (TPSA) is 35.2 Å². The number of halogens is 3. The van der Waals surface area contributed by atoms with Crippen molar-refractivity contribution in [1.29, 1.82) is 0 Å². The van der Waals surface area contributed by atoms with Crippen LogP contribution < -0.4 is 10.5 Å². The molecule has 0 aromatic heterocycles. The highest BCUT2D eigenvalue weighted by atomic mass is 79.9. The first-order valence-corrected chi connectivity index (χ1v) is 8.18. The lowest BCUT2D eigenvalue weighted by atomic mass is 9.97. The monoisotopic (exact) mass is 415 g/mol. The predicted molar refractivity (Wildman–Crippen MR) is 88.5 cm³/mol. The van der Waals surface area contributed by atoms with Gasteiger partial charge in [0.15, 0.2) is 0 Å². The molecule has 2 N–H and O–H groups in total. The third-order valence-electron chi connectivity index (χ3n) is 3.41. The fourth-order valence-corrected chi connectivity index (χ4v) is 3.45. The Hall–Kier alpha value is -0.550. The van der Waals surface area contributed by atoms with Crippen LogP contribution in [0.1, 0.15) is 22.7 Å². The number of rotatable bonds is 2. The van der Waals surface area contributed by atoms with Crippen LogP contribution in [-0.4, -0.2) is 6.61 Å². The number of hydrogen-bond donors (Lipinski definition) is 1. The van der Waals surface area contributed by atoms with Crippen LogP contribution in [0.5, 0.6) is 5.75 Å². The molecule has 1 aliphatic rings. The van der Waals surface area contributed by atoms with Gasteiger partial charge in [-0.3, -0.25) is 0 Å². The van der Waals surface area contributed by atoms with Gasteiger partial charge in [-0.2, -0.15) is 0 Å². The molecule has 0 amide bonds. The molecular formula is C15H12Br2ClNO. The van der Waals surface area contributed by atoms with Crippen molar-refractivity contribution in [3.63, 3.8) is 0 Å². The standard InChI is InChI=1S/C15H12Br2ClNO/c16-10-5-9-3-4-20-15(9)11(7-10)14(19)8-1-2-13(18)12(17)6-8/h1-2,5-7,14H,3-4,19H2. The number of fused-ring (bicyclic) bond motifs is 1. The molecule has 104 valence electrons. The number of ether oxygens (including phenoxy) is 1. The molecule has 2 nitrogen and oxygen atoms in total. The van der Waals surface area contributed by atoms with Gasteiger partial charge in [0.25, 0.3) is 0 Å². The van der Waals surface area contributed by atoms with Crippen LogP contribution in [0.25, 0.3) is 0 Å². The minimum absolute atomic E-state index is 0.243. The Morgan fingerprint density at radius 2 is 2.00 bits per heavy atom. The summed E-state index contributed by atoms with van der Waals surface area (Å²) >= 11 is 13.0. The van der Waals surface area contributed by atoms with Crippen molar-refractivity contribution in [1.82, 2.24) is 0 Å². The van der Waals surface area contributed by atoms with Crippen LogP contribution in [0.3, 0.4) is 0 Å². The molecule has 1 atom stereocenters. The molecule has 0 saturated heterocycles. The molecule has 2 aromatic carbocycles. The number of hydrogen-bond acceptors (Lipinski definition) is 2. The van der Waals surface area contributed by atoms with Crippen molar-refractivity contribution in [2.75, 3.05) is 6.61 Å². The van der Waals surface area contributed by atoms with Gasteiger partial charge in [-0.05, 0) is 51.3 Å². The highest BCUT2D eigenvalue weighted by Crippen LogP contribution is 2.38. The lowest BCUT2D eigenvalue weighted by Crippen LogP contribution is -2.13. The van der Waals surface area contributed by atoms with Gasteiger partial charge in [-0.1, -0.05) is 33.6 Å². The van der Waals surface area contributed by atoms with Crippen LogP contribution >= 0.6 is 43.5 Å². The first-order chi connectivity index (χ1) is 9.56. The molecule has 1 aliphatic heterocycles. The van der Waals surface area contributed by atoms with Crippen LogP contribution in [-0.2, 0) is 6.42 Å². The minimum Gasteiger partial charge on any atom is -0.493 e. The summed E-state index contributed by atoms with van der Waals surface area (Å²) in [6.07, 6.45) is 0.929. The third-order valence-corrected chi connectivity index (χ3v) is 5.09. The van der Waals surface area contributed by atoms with Crippen molar-refractivity contribution in [2.24, 2.45) is 5.73 Å². The van der Waals surface area contributed by atoms with E-state index in [1.807, 2.05) is 24.3 Å². The maximum atomic E-state index is 6.41. The van der Waals surface area contributed by atoms with Crippen LogP contribution in [0.4, 0.5) is 0 Å². The van der Waals surface area contributed by atoms with Crippen molar-refractivity contribution in [3.05, 3.63) is 61.0 Å². The second-order valence-electron chi connectivity index (χ2n) is 4.73. The molecule has 0 spiro atoms. The van der Waals surface area contributed by atoms with E-state index in [9.17, 15) is 0 Å². The quantitative estimate of drug-likeness (QED) is 0.758. The first kappa shape index (κ1) is 14.4. The van der Waals surface area contributed by atoms with Gasteiger partial charge < -0.3 is 10.5 Å². The number of benzene rings is 2. The maximum absolute atomic E-state index is 6.41. The van der Waals surface area contributed by atoms with Crippen LogP contribution in [0.15, 0.2) is 39.3 Å². The van der Waals surface area contributed by atoms with E-state index in [1.54, 1.807) is 0 Å². The molecule has 3 rings (SSSR count). The Morgan fingerprint density at radius 3 is 2.75 bits per heavy atom. The Labute approximate surface area is 139 Å². The molecule has 0 saturated carbocycles. The second-order valence-corrected chi connectivity index (χ2v) is 6.91. The smallest absolute Gasteiger partial charge is 0.127 e. The fraction of sp³-hybridized carbons (Fsp3) is 0.200. The fourth-order valence-electron chi connectivity index (χ4n) is 2.41. The lowest BCUT2D eigenvalue weighted by molar-refractivity contribution is 0.352. The SMILES string of the molecule is NC(c1ccc(Cl)c(Br)c1)c1cc(Br)cc2c1OCC2. The molecule has 20 heavy (non-hydrogen) atoms. The summed E-state index contributed by atoms with van der Waals surface area (Å²) in [6, 6.07) is 9.62. The van der Waals surface area contributed by atoms with Gasteiger partial charge in [0.2, 0.25) is 0 Å². The highest BCUT2D eigenvalue weighted by molar-refractivity contribution is 9.10. The molecule has 1 heterocycles. The normalized spacial score (nSPS) is 14.8. The Morgan fingerprint density at radius 1 is 1.20 bits per heavy atom. The molecule has 1 unspecified atom stereocenters. The zero-order valence-corrected chi connectivity index (χ0v) is 14.4. The maximum Gasteiger partial charge on any atom is 0.127 e. The van der Waals surface area contributed by atoms with E-state index in [-0.39, 0.29) is 6.04 Å². The summed E-state index contributed by atoms with van der Waals surface area (Å²) in [5, 5.41) is 0.677. The molecular weight excluding hydrogens is 405 g/mol. The van der Waals surface area contributed by atoms with Crippen LogP contribution in [0.2, 0.25) is 5.02 Å². The molecule has 0 bridgehead atoms. The van der Waals surface area contributed by atoms with Gasteiger partial charge in [0.1, 0.15) is 5.75 Å². The van der Waals surface area contributed by atoms with E-state index < -0.39 is 0 Å². The summed E-state index contributed by atoms with van der Waals surface area (Å²) in [6.45, 7) is 0.718. The summed E-state index contributed by atoms with van der Waals surface area (Å²) < 4.78 is 7.62. The minimum atomic E-state index is -0.243. The van der Waals surface area contributed by atoms with Crippen molar-refractivity contribution < 1.29 is 4.74 Å². The van der Waals surface area contributed by atoms with E-state index in [1.165, 1.54) is 5.56 Å². The van der Waals surface area contributed by atoms with E-state index in [0.29, 0.717) is 5.02 Å². The summed E-state index contributed by atoms with van der Waals surface area (Å²) in [4.78, 5) is 0. The summed E-state index contributed by atoms with van der Waals surface area (Å²) in [7, 11) is 0. The second kappa shape index (κ2) is 5.68. The zero-order chi connectivity index (χ0) is 14.3. The zero-order valence-electron chi connectivity index (χ0n) is 10.5. The highest BCUT2D eigenvalue weighted by Gasteiger charge is 2.22. The summed E-state index contributed by atoms with van der Waals surface area (Å²) in [5.74, 6) is 0.923. The van der Waals surface area contributed by atoms with Crippen LogP contribution in [0, 0.1) is 0 Å². The van der Waals surface area contributed by atoms with Gasteiger partial charge >= 0.3 is 0 Å². The Bertz CT molecular complexity index is 675. The molecule has 0 aliphatic carbocycles. The lowest BCUT2D eigenvalue weighted by Gasteiger charge is -2.17. The van der Waals surface area contributed by atoms with Gasteiger partial charge in [-0.25, -0.2) is 0 Å². The van der Waals surface area contributed by atoms with E-state index >= 15 is 0 Å². The van der Waals surface area contributed by atoms with E-state index in [4.69, 9.17) is 22.1 Å². The molecule has 5 heteroatoms. The van der Waals surface area contributed by atoms with Gasteiger partial charge in [0.05, 0.1) is 17.7 Å². The van der Waals surface area contributed by atoms with Crippen molar-refractivity contribution in [2.45, 2.75) is 12.5 Å². The van der Waals surface area contributed by atoms with Crippen molar-refractivity contribution in [3.8, 4) is 5.75 Å². The molecule has 2 aromatic rings. The van der Waals surface area contributed by atoms with E-state index in [2.05, 4.69) is 37.9 Å². The Balaban J connectivity index is 2.06. The Kier molecular flexibility index (Phi) is 4.09. The third kappa shape index (κ3) is 2.62. The average Bonchev–Trinajstić information content (AvgIpc) is 2.88. The largest absolute Gasteiger partial charge is 0.493 e. The van der Waals surface area contributed by atoms with Gasteiger partial charge in [0, 0.05) is 20.9 Å². The molecule has 0 radical (unpaired) electrons. The average molecular weight is 418 g/mol. The molecule has 0 fully saturated rings. The van der Waals surface area contributed by atoms with E-state index in [0.717, 1.165) is 38.8 Å². The first-order valence-electron chi connectivity index (χ1n) is 6.22. The van der Waals surface area contributed by atoms with Crippen molar-refractivity contribution >= 4 is 43.5 Å². The van der Waals surface area contributed by atoms with Gasteiger partial charge in [-0.15, -0.1) is 0 Å². The summed E-state index contributed by atoms with van der Waals surface area (Å²) in [5.41, 5.74) is 9.62.